The monoisotopic (exact) mass is 516 g/mol. The van der Waals surface area contributed by atoms with Gasteiger partial charge in [0.2, 0.25) is 0 Å². The molecule has 38 heavy (non-hydrogen) atoms. The van der Waals surface area contributed by atoms with Gasteiger partial charge >= 0.3 is 0 Å². The van der Waals surface area contributed by atoms with Crippen LogP contribution in [-0.4, -0.2) is 46.8 Å². The molecular formula is C30H33FN4O3. The van der Waals surface area contributed by atoms with Gasteiger partial charge in [0, 0.05) is 37.3 Å². The van der Waals surface area contributed by atoms with E-state index in [9.17, 15) is 18.8 Å². The number of nitrogens with one attached hydrogen (secondary N) is 1. The molecule has 3 aromatic carbocycles. The summed E-state index contributed by atoms with van der Waals surface area (Å²) < 4.78 is 13.9. The van der Waals surface area contributed by atoms with Crippen molar-refractivity contribution in [3.63, 3.8) is 0 Å². The first kappa shape index (κ1) is 27.0. The third-order valence-electron chi connectivity index (χ3n) is 6.69. The molecule has 4 rings (SSSR count). The lowest BCUT2D eigenvalue weighted by molar-refractivity contribution is -0.128. The maximum Gasteiger partial charge on any atom is 0.264 e. The fourth-order valence-electron chi connectivity index (χ4n) is 4.55. The molecule has 1 aliphatic rings. The summed E-state index contributed by atoms with van der Waals surface area (Å²) in [6, 6.07) is 20.1. The summed E-state index contributed by atoms with van der Waals surface area (Å²) in [5.41, 5.74) is 9.04. The highest BCUT2D eigenvalue weighted by molar-refractivity contribution is 6.02. The van der Waals surface area contributed by atoms with Gasteiger partial charge in [-0.25, -0.2) is 4.39 Å². The van der Waals surface area contributed by atoms with Crippen molar-refractivity contribution >= 4 is 17.7 Å². The Morgan fingerprint density at radius 3 is 2.08 bits per heavy atom. The minimum atomic E-state index is -1.18. The molecule has 0 spiro atoms. The summed E-state index contributed by atoms with van der Waals surface area (Å²) in [6.07, 6.45) is -1.18. The zero-order valence-corrected chi connectivity index (χ0v) is 21.9. The van der Waals surface area contributed by atoms with Crippen molar-refractivity contribution in [2.75, 3.05) is 13.1 Å². The number of hydrogen-bond acceptors (Lipinski definition) is 4. The van der Waals surface area contributed by atoms with Gasteiger partial charge in [0.25, 0.3) is 17.7 Å². The van der Waals surface area contributed by atoms with Crippen LogP contribution in [0, 0.1) is 5.82 Å². The molecule has 1 atom stereocenters. The van der Waals surface area contributed by atoms with Crippen molar-refractivity contribution in [2.45, 2.75) is 45.4 Å². The molecule has 3 aromatic rings. The highest BCUT2D eigenvalue weighted by atomic mass is 19.1. The largest absolute Gasteiger partial charge is 0.349 e. The topological polar surface area (TPSA) is 95.7 Å². The Morgan fingerprint density at radius 1 is 0.868 bits per heavy atom. The van der Waals surface area contributed by atoms with E-state index in [4.69, 9.17) is 5.73 Å². The lowest BCUT2D eigenvalue weighted by atomic mass is 9.86. The average molecular weight is 517 g/mol. The van der Waals surface area contributed by atoms with Crippen LogP contribution in [-0.2, 0) is 23.3 Å². The third kappa shape index (κ3) is 5.92. The fraction of sp³-hybridized carbons (Fsp3) is 0.300. The van der Waals surface area contributed by atoms with E-state index in [2.05, 4.69) is 26.1 Å². The summed E-state index contributed by atoms with van der Waals surface area (Å²) in [5, 5.41) is 2.86. The van der Waals surface area contributed by atoms with Gasteiger partial charge in [-0.15, -0.1) is 0 Å². The molecule has 0 bridgehead atoms. The average Bonchev–Trinajstić information content (AvgIpc) is 3.36. The first-order valence-corrected chi connectivity index (χ1v) is 12.6. The second-order valence-corrected chi connectivity index (χ2v) is 10.5. The van der Waals surface area contributed by atoms with E-state index >= 15 is 0 Å². The van der Waals surface area contributed by atoms with Crippen LogP contribution in [0.2, 0.25) is 0 Å². The lowest BCUT2D eigenvalue weighted by Gasteiger charge is -2.29. The molecule has 198 valence electrons. The van der Waals surface area contributed by atoms with Crippen LogP contribution >= 0.6 is 0 Å². The summed E-state index contributed by atoms with van der Waals surface area (Å²) in [6.45, 7) is 7.14. The second kappa shape index (κ2) is 11.1. The molecule has 3 amide bonds. The van der Waals surface area contributed by atoms with Crippen molar-refractivity contribution in [1.82, 2.24) is 15.1 Å². The number of rotatable bonds is 6. The Balaban J connectivity index is 1.61. The van der Waals surface area contributed by atoms with Gasteiger partial charge in [0.15, 0.2) is 6.17 Å². The molecule has 7 nitrogen and oxygen atoms in total. The van der Waals surface area contributed by atoms with Gasteiger partial charge in [-0.1, -0.05) is 63.2 Å². The van der Waals surface area contributed by atoms with Crippen LogP contribution in [0.15, 0.2) is 72.8 Å². The number of benzene rings is 3. The van der Waals surface area contributed by atoms with Gasteiger partial charge in [-0.05, 0) is 52.4 Å². The van der Waals surface area contributed by atoms with E-state index in [1.807, 2.05) is 36.4 Å². The van der Waals surface area contributed by atoms with Gasteiger partial charge in [-0.2, -0.15) is 0 Å². The number of hydrogen-bond donors (Lipinski definition) is 2. The van der Waals surface area contributed by atoms with Crippen LogP contribution < -0.4 is 11.1 Å². The smallest absolute Gasteiger partial charge is 0.264 e. The Morgan fingerprint density at radius 2 is 1.47 bits per heavy atom. The maximum absolute atomic E-state index is 13.9. The van der Waals surface area contributed by atoms with Crippen LogP contribution in [0.3, 0.4) is 0 Å². The van der Waals surface area contributed by atoms with E-state index in [-0.39, 0.29) is 36.5 Å². The summed E-state index contributed by atoms with van der Waals surface area (Å²) in [4.78, 5) is 43.2. The number of amides is 3. The number of carbonyl (C=O) groups is 3. The lowest BCUT2D eigenvalue weighted by Crippen LogP contribution is -2.53. The first-order chi connectivity index (χ1) is 18.1. The molecule has 1 saturated heterocycles. The molecule has 0 aliphatic carbocycles. The highest BCUT2D eigenvalue weighted by Crippen LogP contribution is 2.25. The van der Waals surface area contributed by atoms with Crippen molar-refractivity contribution in [3.05, 3.63) is 106 Å². The Bertz CT molecular complexity index is 1330. The summed E-state index contributed by atoms with van der Waals surface area (Å²) in [7, 11) is 0. The zero-order valence-electron chi connectivity index (χ0n) is 21.9. The first-order valence-electron chi connectivity index (χ1n) is 12.6. The zero-order chi connectivity index (χ0) is 27.4. The maximum atomic E-state index is 13.9. The van der Waals surface area contributed by atoms with Crippen LogP contribution in [0.5, 0.6) is 0 Å². The predicted molar refractivity (Wildman–Crippen MR) is 144 cm³/mol. The molecule has 0 saturated carbocycles. The van der Waals surface area contributed by atoms with Gasteiger partial charge in [0.1, 0.15) is 5.82 Å². The van der Waals surface area contributed by atoms with Gasteiger partial charge in [-0.3, -0.25) is 14.4 Å². The van der Waals surface area contributed by atoms with Crippen LogP contribution in [0.25, 0.3) is 0 Å². The number of carbonyl (C=O) groups excluding carboxylic acids is 3. The minimum absolute atomic E-state index is 0.0764. The summed E-state index contributed by atoms with van der Waals surface area (Å²) >= 11 is 0. The molecule has 0 aromatic heterocycles. The SMILES string of the molecule is CC(C)(C)c1ccc(C(=O)N2CCN(C(=O)c3cccc(F)c3)C2C(=O)NCc2cccc(CN)c2)cc1. The molecular weight excluding hydrogens is 483 g/mol. The molecule has 1 unspecified atom stereocenters. The molecule has 1 fully saturated rings. The van der Waals surface area contributed by atoms with Gasteiger partial charge < -0.3 is 20.9 Å². The fourth-order valence-corrected chi connectivity index (χ4v) is 4.55. The van der Waals surface area contributed by atoms with E-state index in [0.717, 1.165) is 22.8 Å². The quantitative estimate of drug-likeness (QED) is 0.521. The molecule has 3 N–H and O–H groups in total. The minimum Gasteiger partial charge on any atom is -0.349 e. The third-order valence-corrected chi connectivity index (χ3v) is 6.69. The van der Waals surface area contributed by atoms with Crippen molar-refractivity contribution in [3.8, 4) is 0 Å². The number of nitrogens with two attached hydrogens (primary N) is 1. The normalized spacial score (nSPS) is 15.4. The van der Waals surface area contributed by atoms with Crippen molar-refractivity contribution < 1.29 is 18.8 Å². The predicted octanol–water partition coefficient (Wildman–Crippen LogP) is 3.82. The van der Waals surface area contributed by atoms with E-state index in [1.165, 1.54) is 28.0 Å². The Labute approximate surface area is 222 Å². The molecule has 8 heteroatoms. The molecule has 0 radical (unpaired) electrons. The van der Waals surface area contributed by atoms with E-state index < -0.39 is 23.8 Å². The van der Waals surface area contributed by atoms with Crippen molar-refractivity contribution in [1.29, 1.82) is 0 Å². The van der Waals surface area contributed by atoms with E-state index in [0.29, 0.717) is 12.1 Å². The summed E-state index contributed by atoms with van der Waals surface area (Å²) in [5.74, 6) is -1.92. The van der Waals surface area contributed by atoms with Gasteiger partial charge in [0.05, 0.1) is 0 Å². The highest BCUT2D eigenvalue weighted by Gasteiger charge is 2.43. The Kier molecular flexibility index (Phi) is 7.92. The molecule has 1 aliphatic heterocycles. The van der Waals surface area contributed by atoms with Crippen molar-refractivity contribution in [2.24, 2.45) is 5.73 Å². The Hall–Kier alpha value is -4.04. The number of halogens is 1. The van der Waals surface area contributed by atoms with Crippen LogP contribution in [0.1, 0.15) is 58.2 Å². The van der Waals surface area contributed by atoms with E-state index in [1.54, 1.807) is 12.1 Å². The number of nitrogens with zero attached hydrogens (tertiary/aromatic N) is 2. The van der Waals surface area contributed by atoms with Crippen LogP contribution in [0.4, 0.5) is 4.39 Å². The standard InChI is InChI=1S/C30H33FN4O3/c1-30(2,3)24-12-10-22(11-13-24)28(37)34-14-15-35(29(38)23-8-5-9-25(31)17-23)27(34)26(36)33-19-21-7-4-6-20(16-21)18-32/h4-13,16-17,27H,14-15,18-19,32H2,1-3H3,(H,33,36). The second-order valence-electron chi connectivity index (χ2n) is 10.5. The molecule has 1 heterocycles.